The van der Waals surface area contributed by atoms with Crippen molar-refractivity contribution in [1.82, 2.24) is 20.9 Å². The van der Waals surface area contributed by atoms with Gasteiger partial charge in [0.05, 0.1) is 26.4 Å². The molecule has 1 aliphatic carbocycles. The Labute approximate surface area is 236 Å². The third kappa shape index (κ3) is 8.66. The molecule has 4 amide bonds. The van der Waals surface area contributed by atoms with Crippen LogP contribution in [-0.4, -0.2) is 91.0 Å². The highest BCUT2D eigenvalue weighted by atomic mass is 16.5. The summed E-state index contributed by atoms with van der Waals surface area (Å²) in [6.07, 6.45) is 3.85. The van der Waals surface area contributed by atoms with Crippen molar-refractivity contribution in [1.29, 1.82) is 0 Å². The molecule has 2 fully saturated rings. The standard InChI is InChI=1S/C29H44N4O7/c1-3-4-13-22(24(34)25(35)30-23(26(36)39-2)20-21-11-7-5-8-12-21)31-27(37)29(14-9-6-10-15-29)32-28(38)33-16-18-40-19-17-33/h5,7-8,11-12,22-24,34H,3-4,6,9-10,13-20H2,1-2H3,(H,30,35)(H,31,37)(H,32,38)/t22-,23-,24-/m0/s1. The van der Waals surface area contributed by atoms with E-state index in [1.54, 1.807) is 4.90 Å². The van der Waals surface area contributed by atoms with Crippen LogP contribution < -0.4 is 16.0 Å². The summed E-state index contributed by atoms with van der Waals surface area (Å²) in [6, 6.07) is 6.95. The number of urea groups is 1. The molecular weight excluding hydrogens is 516 g/mol. The van der Waals surface area contributed by atoms with Crippen LogP contribution in [0.2, 0.25) is 0 Å². The van der Waals surface area contributed by atoms with Gasteiger partial charge in [0, 0.05) is 19.5 Å². The Morgan fingerprint density at radius 3 is 2.35 bits per heavy atom. The quantitative estimate of drug-likeness (QED) is 0.285. The lowest BCUT2D eigenvalue weighted by atomic mass is 9.80. The zero-order valence-electron chi connectivity index (χ0n) is 23.7. The summed E-state index contributed by atoms with van der Waals surface area (Å²) in [5.41, 5.74) is -0.310. The van der Waals surface area contributed by atoms with Crippen LogP contribution in [0.3, 0.4) is 0 Å². The number of esters is 1. The van der Waals surface area contributed by atoms with E-state index >= 15 is 0 Å². The van der Waals surface area contributed by atoms with E-state index in [0.29, 0.717) is 52.0 Å². The molecule has 11 nitrogen and oxygen atoms in total. The molecule has 0 unspecified atom stereocenters. The van der Waals surface area contributed by atoms with Crippen molar-refractivity contribution in [2.45, 2.75) is 88.4 Å². The number of nitrogens with zero attached hydrogens (tertiary/aromatic N) is 1. The minimum Gasteiger partial charge on any atom is -0.467 e. The number of methoxy groups -OCH3 is 1. The van der Waals surface area contributed by atoms with Gasteiger partial charge in [0.1, 0.15) is 11.6 Å². The monoisotopic (exact) mass is 560 g/mol. The molecule has 0 radical (unpaired) electrons. The Balaban J connectivity index is 1.73. The summed E-state index contributed by atoms with van der Waals surface area (Å²) >= 11 is 0. The van der Waals surface area contributed by atoms with E-state index in [4.69, 9.17) is 9.47 Å². The lowest BCUT2D eigenvalue weighted by molar-refractivity contribution is -0.147. The average molecular weight is 561 g/mol. The van der Waals surface area contributed by atoms with Crippen LogP contribution in [0.5, 0.6) is 0 Å². The number of hydrogen-bond acceptors (Lipinski definition) is 7. The van der Waals surface area contributed by atoms with E-state index in [0.717, 1.165) is 31.2 Å². The number of amides is 4. The van der Waals surface area contributed by atoms with Crippen LogP contribution >= 0.6 is 0 Å². The third-order valence-electron chi connectivity index (χ3n) is 7.71. The van der Waals surface area contributed by atoms with Gasteiger partial charge in [-0.1, -0.05) is 69.4 Å². The van der Waals surface area contributed by atoms with Crippen LogP contribution in [0.15, 0.2) is 30.3 Å². The molecule has 40 heavy (non-hydrogen) atoms. The predicted octanol–water partition coefficient (Wildman–Crippen LogP) is 1.67. The van der Waals surface area contributed by atoms with Gasteiger partial charge < -0.3 is 35.4 Å². The fraction of sp³-hybridized carbons (Fsp3) is 0.655. The highest BCUT2D eigenvalue weighted by molar-refractivity contribution is 5.92. The Kier molecular flexibility index (Phi) is 12.2. The van der Waals surface area contributed by atoms with Crippen LogP contribution in [-0.2, 0) is 30.3 Å². The fourth-order valence-corrected chi connectivity index (χ4v) is 5.28. The lowest BCUT2D eigenvalue weighted by Gasteiger charge is -2.40. The molecule has 1 aromatic carbocycles. The minimum atomic E-state index is -1.60. The number of nitrogens with one attached hydrogen (secondary N) is 3. The molecule has 222 valence electrons. The number of morpholine rings is 1. The SMILES string of the molecule is CCCC[C@H](NC(=O)C1(NC(=O)N2CCOCC2)CCCCC1)[C@H](O)C(=O)N[C@@H](Cc1ccccc1)C(=O)OC. The molecule has 11 heteroatoms. The first-order valence-electron chi connectivity index (χ1n) is 14.4. The molecule has 2 aliphatic rings. The van der Waals surface area contributed by atoms with E-state index in [-0.39, 0.29) is 12.5 Å². The van der Waals surface area contributed by atoms with E-state index in [2.05, 4.69) is 16.0 Å². The summed E-state index contributed by atoms with van der Waals surface area (Å²) in [6.45, 7) is 3.77. The summed E-state index contributed by atoms with van der Waals surface area (Å²) in [4.78, 5) is 54.1. The molecule has 1 aliphatic heterocycles. The topological polar surface area (TPSA) is 146 Å². The summed E-state index contributed by atoms with van der Waals surface area (Å²) in [5, 5.41) is 19.6. The molecule has 3 atom stereocenters. The summed E-state index contributed by atoms with van der Waals surface area (Å²) in [5.74, 6) is -1.82. The second-order valence-corrected chi connectivity index (χ2v) is 10.6. The number of benzene rings is 1. The first kappa shape index (κ1) is 31.3. The van der Waals surface area contributed by atoms with Crippen LogP contribution in [0.4, 0.5) is 4.79 Å². The summed E-state index contributed by atoms with van der Waals surface area (Å²) in [7, 11) is 1.24. The highest BCUT2D eigenvalue weighted by Gasteiger charge is 2.43. The molecule has 0 aromatic heterocycles. The van der Waals surface area contributed by atoms with Gasteiger partial charge in [0.2, 0.25) is 5.91 Å². The molecule has 1 heterocycles. The Morgan fingerprint density at radius 2 is 1.73 bits per heavy atom. The van der Waals surface area contributed by atoms with Crippen LogP contribution in [0.1, 0.15) is 63.9 Å². The first-order chi connectivity index (χ1) is 19.3. The highest BCUT2D eigenvalue weighted by Crippen LogP contribution is 2.29. The van der Waals surface area contributed by atoms with Gasteiger partial charge in [-0.25, -0.2) is 9.59 Å². The number of ether oxygens (including phenoxy) is 2. The van der Waals surface area contributed by atoms with Crippen molar-refractivity contribution in [3.05, 3.63) is 35.9 Å². The largest absolute Gasteiger partial charge is 0.467 e. The zero-order chi connectivity index (χ0) is 29.0. The Morgan fingerprint density at radius 1 is 1.05 bits per heavy atom. The van der Waals surface area contributed by atoms with E-state index in [1.165, 1.54) is 7.11 Å². The van der Waals surface area contributed by atoms with Crippen molar-refractivity contribution < 1.29 is 33.8 Å². The van der Waals surface area contributed by atoms with Crippen molar-refractivity contribution in [2.24, 2.45) is 0 Å². The number of carbonyl (C=O) groups is 4. The van der Waals surface area contributed by atoms with E-state index in [1.807, 2.05) is 37.3 Å². The zero-order valence-corrected chi connectivity index (χ0v) is 23.7. The van der Waals surface area contributed by atoms with Crippen molar-refractivity contribution >= 4 is 23.8 Å². The van der Waals surface area contributed by atoms with E-state index in [9.17, 15) is 24.3 Å². The average Bonchev–Trinajstić information content (AvgIpc) is 2.99. The molecule has 1 aromatic rings. The molecule has 0 bridgehead atoms. The van der Waals surface area contributed by atoms with Gasteiger partial charge >= 0.3 is 12.0 Å². The normalized spacial score (nSPS) is 19.0. The van der Waals surface area contributed by atoms with Crippen molar-refractivity contribution in [3.63, 3.8) is 0 Å². The Hall–Kier alpha value is -3.18. The van der Waals surface area contributed by atoms with Crippen LogP contribution in [0, 0.1) is 0 Å². The van der Waals surface area contributed by atoms with Crippen molar-refractivity contribution in [3.8, 4) is 0 Å². The first-order valence-corrected chi connectivity index (χ1v) is 14.4. The number of aliphatic hydroxyl groups excluding tert-OH is 1. The number of carbonyl (C=O) groups excluding carboxylic acids is 4. The number of aliphatic hydroxyl groups is 1. The summed E-state index contributed by atoms with van der Waals surface area (Å²) < 4.78 is 10.2. The molecule has 0 spiro atoms. The minimum absolute atomic E-state index is 0.189. The second kappa shape index (κ2) is 15.6. The Bertz CT molecular complexity index is 978. The van der Waals surface area contributed by atoms with Gasteiger partial charge in [0.15, 0.2) is 6.10 Å². The fourth-order valence-electron chi connectivity index (χ4n) is 5.28. The van der Waals surface area contributed by atoms with Gasteiger partial charge in [-0.05, 0) is 24.8 Å². The molecule has 1 saturated heterocycles. The van der Waals surface area contributed by atoms with Gasteiger partial charge in [0.25, 0.3) is 5.91 Å². The maximum atomic E-state index is 13.8. The maximum Gasteiger partial charge on any atom is 0.328 e. The number of unbranched alkanes of at least 4 members (excludes halogenated alkanes) is 1. The third-order valence-corrected chi connectivity index (χ3v) is 7.71. The number of rotatable bonds is 12. The molecule has 4 N–H and O–H groups in total. The molecule has 1 saturated carbocycles. The lowest BCUT2D eigenvalue weighted by Crippen LogP contribution is -2.65. The van der Waals surface area contributed by atoms with Crippen LogP contribution in [0.25, 0.3) is 0 Å². The van der Waals surface area contributed by atoms with Gasteiger partial charge in [-0.2, -0.15) is 0 Å². The number of hydrogen-bond donors (Lipinski definition) is 4. The molecular formula is C29H44N4O7. The maximum absolute atomic E-state index is 13.8. The smallest absolute Gasteiger partial charge is 0.328 e. The van der Waals surface area contributed by atoms with Gasteiger partial charge in [-0.3, -0.25) is 9.59 Å². The van der Waals surface area contributed by atoms with Crippen molar-refractivity contribution in [2.75, 3.05) is 33.4 Å². The predicted molar refractivity (Wildman–Crippen MR) is 148 cm³/mol. The van der Waals surface area contributed by atoms with Gasteiger partial charge in [-0.15, -0.1) is 0 Å². The molecule has 3 rings (SSSR count). The second-order valence-electron chi connectivity index (χ2n) is 10.6. The van der Waals surface area contributed by atoms with E-state index < -0.39 is 41.5 Å².